The topological polar surface area (TPSA) is 63.2 Å². The summed E-state index contributed by atoms with van der Waals surface area (Å²) in [4.78, 5) is 11.0. The largest absolute Gasteiger partial charge is 0.269 e. The number of rotatable bonds is 4. The molecule has 0 radical (unpaired) electrons. The Morgan fingerprint density at radius 3 is 2.31 bits per heavy atom. The standard InChI is InChI=1S/C8H15NO3S/c1-5-7(4)13(11,12)9-8(10)6(2)3/h7H,2,5H2,1,3-4H3,(H,9,10). The maximum Gasteiger partial charge on any atom is 0.259 e. The summed E-state index contributed by atoms with van der Waals surface area (Å²) < 4.78 is 24.5. The van der Waals surface area contributed by atoms with Gasteiger partial charge >= 0.3 is 0 Å². The molecular formula is C8H15NO3S. The SMILES string of the molecule is C=C(C)C(=O)NS(=O)(=O)C(C)CC. The average molecular weight is 205 g/mol. The van der Waals surface area contributed by atoms with Crippen molar-refractivity contribution in [2.75, 3.05) is 0 Å². The molecule has 0 aliphatic rings. The molecule has 4 nitrogen and oxygen atoms in total. The van der Waals surface area contributed by atoms with E-state index in [2.05, 4.69) is 6.58 Å². The van der Waals surface area contributed by atoms with Crippen LogP contribution in [0.3, 0.4) is 0 Å². The Labute approximate surface area is 79.1 Å². The molecule has 0 spiro atoms. The first kappa shape index (κ1) is 12.2. The quantitative estimate of drug-likeness (QED) is 0.691. The predicted molar refractivity (Wildman–Crippen MR) is 51.6 cm³/mol. The van der Waals surface area contributed by atoms with Crippen molar-refractivity contribution < 1.29 is 13.2 Å². The zero-order chi connectivity index (χ0) is 10.6. The number of carbonyl (C=O) groups is 1. The maximum absolute atomic E-state index is 11.3. The zero-order valence-corrected chi connectivity index (χ0v) is 8.94. The summed E-state index contributed by atoms with van der Waals surface area (Å²) in [6.07, 6.45) is 0.471. The van der Waals surface area contributed by atoms with Gasteiger partial charge in [0.1, 0.15) is 0 Å². The summed E-state index contributed by atoms with van der Waals surface area (Å²) in [5, 5.41) is -0.559. The Balaban J connectivity index is 4.53. The van der Waals surface area contributed by atoms with Crippen LogP contribution >= 0.6 is 0 Å². The van der Waals surface area contributed by atoms with Gasteiger partial charge in [0.15, 0.2) is 0 Å². The highest BCUT2D eigenvalue weighted by molar-refractivity contribution is 7.90. The first-order valence-electron chi connectivity index (χ1n) is 4.02. The van der Waals surface area contributed by atoms with Crippen LogP contribution in [-0.2, 0) is 14.8 Å². The van der Waals surface area contributed by atoms with E-state index in [1.54, 1.807) is 13.8 Å². The number of nitrogens with one attached hydrogen (secondary N) is 1. The molecule has 13 heavy (non-hydrogen) atoms. The molecule has 0 aromatic rings. The van der Waals surface area contributed by atoms with Gasteiger partial charge in [-0.15, -0.1) is 0 Å². The summed E-state index contributed by atoms with van der Waals surface area (Å²) in [5.74, 6) is -0.639. The molecule has 0 saturated carbocycles. The van der Waals surface area contributed by atoms with Crippen molar-refractivity contribution in [3.8, 4) is 0 Å². The van der Waals surface area contributed by atoms with Gasteiger partial charge in [-0.05, 0) is 20.3 Å². The third-order valence-corrected chi connectivity index (χ3v) is 3.59. The number of carbonyl (C=O) groups excluding carboxylic acids is 1. The van der Waals surface area contributed by atoms with Crippen molar-refractivity contribution in [1.82, 2.24) is 4.72 Å². The zero-order valence-electron chi connectivity index (χ0n) is 8.12. The van der Waals surface area contributed by atoms with E-state index in [4.69, 9.17) is 0 Å². The summed E-state index contributed by atoms with van der Waals surface area (Å²) in [7, 11) is -3.51. The van der Waals surface area contributed by atoms with Gasteiger partial charge in [-0.2, -0.15) is 0 Å². The van der Waals surface area contributed by atoms with Gasteiger partial charge in [0.2, 0.25) is 10.0 Å². The number of sulfonamides is 1. The van der Waals surface area contributed by atoms with E-state index in [0.29, 0.717) is 6.42 Å². The fourth-order valence-corrected chi connectivity index (χ4v) is 1.61. The molecule has 76 valence electrons. The fourth-order valence-electron chi connectivity index (χ4n) is 0.536. The molecule has 5 heteroatoms. The van der Waals surface area contributed by atoms with E-state index < -0.39 is 21.2 Å². The molecule has 0 aliphatic carbocycles. The molecule has 0 aromatic heterocycles. The summed E-state index contributed by atoms with van der Waals surface area (Å²) in [5.41, 5.74) is 0.187. The molecule has 0 rings (SSSR count). The molecule has 0 heterocycles. The lowest BCUT2D eigenvalue weighted by Crippen LogP contribution is -2.37. The third kappa shape index (κ3) is 3.59. The summed E-state index contributed by atoms with van der Waals surface area (Å²) >= 11 is 0. The number of amides is 1. The predicted octanol–water partition coefficient (Wildman–Crippen LogP) is 0.807. The molecule has 0 aromatic carbocycles. The lowest BCUT2D eigenvalue weighted by molar-refractivity contribution is -0.115. The summed E-state index contributed by atoms with van der Waals surface area (Å²) in [6.45, 7) is 8.10. The van der Waals surface area contributed by atoms with E-state index in [1.165, 1.54) is 6.92 Å². The molecule has 1 amide bonds. The van der Waals surface area contributed by atoms with Crippen LogP contribution in [0.4, 0.5) is 0 Å². The van der Waals surface area contributed by atoms with Crippen molar-refractivity contribution in [2.45, 2.75) is 32.4 Å². The van der Waals surface area contributed by atoms with E-state index in [-0.39, 0.29) is 5.57 Å². The Morgan fingerprint density at radius 1 is 1.54 bits per heavy atom. The normalized spacial score (nSPS) is 13.5. The highest BCUT2D eigenvalue weighted by Crippen LogP contribution is 2.03. The second-order valence-corrected chi connectivity index (χ2v) is 5.07. The average Bonchev–Trinajstić information content (AvgIpc) is 2.01. The Hall–Kier alpha value is -0.840. The molecule has 0 fully saturated rings. The molecule has 1 unspecified atom stereocenters. The Kier molecular flexibility index (Phi) is 4.13. The maximum atomic E-state index is 11.3. The van der Waals surface area contributed by atoms with Crippen molar-refractivity contribution >= 4 is 15.9 Å². The monoisotopic (exact) mass is 205 g/mol. The molecule has 0 saturated heterocycles. The molecule has 1 N–H and O–H groups in total. The second-order valence-electron chi connectivity index (χ2n) is 2.98. The van der Waals surface area contributed by atoms with Crippen molar-refractivity contribution in [3.05, 3.63) is 12.2 Å². The van der Waals surface area contributed by atoms with E-state index >= 15 is 0 Å². The summed E-state index contributed by atoms with van der Waals surface area (Å²) in [6, 6.07) is 0. The highest BCUT2D eigenvalue weighted by Gasteiger charge is 2.21. The van der Waals surface area contributed by atoms with Crippen LogP contribution < -0.4 is 4.72 Å². The molecule has 0 bridgehead atoms. The van der Waals surface area contributed by atoms with Crippen LogP contribution in [0.1, 0.15) is 27.2 Å². The minimum atomic E-state index is -3.51. The van der Waals surface area contributed by atoms with E-state index in [0.717, 1.165) is 0 Å². The Morgan fingerprint density at radius 2 is 2.00 bits per heavy atom. The van der Waals surface area contributed by atoms with Crippen LogP contribution in [0.25, 0.3) is 0 Å². The van der Waals surface area contributed by atoms with Crippen molar-refractivity contribution in [2.24, 2.45) is 0 Å². The number of hydrogen-bond acceptors (Lipinski definition) is 3. The van der Waals surface area contributed by atoms with E-state index in [9.17, 15) is 13.2 Å². The fraction of sp³-hybridized carbons (Fsp3) is 0.625. The van der Waals surface area contributed by atoms with E-state index in [1.807, 2.05) is 4.72 Å². The van der Waals surface area contributed by atoms with Gasteiger partial charge in [-0.3, -0.25) is 4.79 Å². The van der Waals surface area contributed by atoms with Crippen LogP contribution in [-0.4, -0.2) is 19.6 Å². The van der Waals surface area contributed by atoms with Gasteiger partial charge in [0.25, 0.3) is 5.91 Å². The smallest absolute Gasteiger partial charge is 0.259 e. The van der Waals surface area contributed by atoms with Gasteiger partial charge in [0, 0.05) is 5.57 Å². The highest BCUT2D eigenvalue weighted by atomic mass is 32.2. The first-order valence-corrected chi connectivity index (χ1v) is 5.57. The van der Waals surface area contributed by atoms with Crippen molar-refractivity contribution in [3.63, 3.8) is 0 Å². The van der Waals surface area contributed by atoms with Crippen LogP contribution in [0, 0.1) is 0 Å². The first-order chi connectivity index (χ1) is 5.81. The minimum absolute atomic E-state index is 0.187. The van der Waals surface area contributed by atoms with Gasteiger partial charge in [0.05, 0.1) is 5.25 Å². The molecular weight excluding hydrogens is 190 g/mol. The van der Waals surface area contributed by atoms with Crippen molar-refractivity contribution in [1.29, 1.82) is 0 Å². The van der Waals surface area contributed by atoms with Gasteiger partial charge in [-0.1, -0.05) is 13.5 Å². The van der Waals surface area contributed by atoms with Crippen LogP contribution in [0.15, 0.2) is 12.2 Å². The van der Waals surface area contributed by atoms with Gasteiger partial charge < -0.3 is 0 Å². The van der Waals surface area contributed by atoms with Crippen LogP contribution in [0.5, 0.6) is 0 Å². The van der Waals surface area contributed by atoms with Crippen LogP contribution in [0.2, 0.25) is 0 Å². The van der Waals surface area contributed by atoms with Gasteiger partial charge in [-0.25, -0.2) is 13.1 Å². The molecule has 1 atom stereocenters. The minimum Gasteiger partial charge on any atom is -0.269 e. The third-order valence-electron chi connectivity index (χ3n) is 1.73. The number of hydrogen-bond donors (Lipinski definition) is 1. The lowest BCUT2D eigenvalue weighted by Gasteiger charge is -2.11. The Bertz CT molecular complexity index is 305. The lowest BCUT2D eigenvalue weighted by atomic mass is 10.3. The second kappa shape index (κ2) is 4.41. The molecule has 0 aliphatic heterocycles.